The number of thioether (sulfide) groups is 1. The molecule has 0 spiro atoms. The second-order valence-corrected chi connectivity index (χ2v) is 8.92. The molecule has 0 fully saturated rings. The fourth-order valence-electron chi connectivity index (χ4n) is 2.25. The van der Waals surface area contributed by atoms with Gasteiger partial charge in [0.15, 0.2) is 0 Å². The molecule has 0 atom stereocenters. The maximum atomic E-state index is 2.48. The van der Waals surface area contributed by atoms with Gasteiger partial charge in [-0.15, -0.1) is 0 Å². The van der Waals surface area contributed by atoms with Crippen LogP contribution in [0.4, 0.5) is 0 Å². The van der Waals surface area contributed by atoms with Gasteiger partial charge in [-0.2, -0.15) is 0 Å². The van der Waals surface area contributed by atoms with E-state index in [2.05, 4.69) is 73.4 Å². The summed E-state index contributed by atoms with van der Waals surface area (Å²) in [5.41, 5.74) is 1.33. The van der Waals surface area contributed by atoms with Gasteiger partial charge in [0.25, 0.3) is 0 Å². The summed E-state index contributed by atoms with van der Waals surface area (Å²) in [4.78, 5) is 5.38. The Morgan fingerprint density at radius 2 is 1.70 bits per heavy atom. The van der Waals surface area contributed by atoms with Crippen LogP contribution in [-0.2, 0) is 0 Å². The van der Waals surface area contributed by atoms with E-state index in [9.17, 15) is 0 Å². The third kappa shape index (κ3) is 7.44. The zero-order chi connectivity index (χ0) is 16.3. The number of aryl methyl sites for hydroxylation is 1. The molecule has 0 aromatic heterocycles. The summed E-state index contributed by atoms with van der Waals surface area (Å²) in [6.45, 7) is 4.42. The number of unbranched alkanes of at least 4 members (excludes halogenated alkanes) is 3. The summed E-state index contributed by atoms with van der Waals surface area (Å²) >= 11 is 2.38. The van der Waals surface area contributed by atoms with Crippen molar-refractivity contribution in [3.63, 3.8) is 0 Å². The summed E-state index contributed by atoms with van der Waals surface area (Å²) in [6, 6.07) is 19.8. The Morgan fingerprint density at radius 1 is 0.957 bits per heavy atom. The Morgan fingerprint density at radius 3 is 2.39 bits per heavy atom. The fraction of sp³-hybridized carbons (Fsp3) is 0.333. The van der Waals surface area contributed by atoms with Gasteiger partial charge in [-0.25, -0.2) is 0 Å². The van der Waals surface area contributed by atoms with Crippen molar-refractivity contribution in [1.82, 2.24) is 0 Å². The summed E-state index contributed by atoms with van der Waals surface area (Å²) < 4.78 is 1.45. The zero-order valence-electron chi connectivity index (χ0n) is 14.1. The summed E-state index contributed by atoms with van der Waals surface area (Å²) in [7, 11) is 0. The number of hydrogen-bond acceptors (Lipinski definition) is 1. The van der Waals surface area contributed by atoms with Crippen LogP contribution in [0.1, 0.15) is 44.6 Å². The van der Waals surface area contributed by atoms with Crippen molar-refractivity contribution in [2.24, 2.45) is 0 Å². The van der Waals surface area contributed by atoms with E-state index < -0.39 is 0 Å². The number of allylic oxidation sites excluding steroid dienone is 1. The van der Waals surface area contributed by atoms with Crippen LogP contribution < -0.4 is 4.46 Å². The van der Waals surface area contributed by atoms with Crippen molar-refractivity contribution in [1.29, 1.82) is 0 Å². The van der Waals surface area contributed by atoms with Crippen LogP contribution in [0.5, 0.6) is 0 Å². The van der Waals surface area contributed by atoms with E-state index in [4.69, 9.17) is 0 Å². The van der Waals surface area contributed by atoms with Crippen LogP contribution in [-0.4, -0.2) is 15.0 Å². The third-order valence-electron chi connectivity index (χ3n) is 3.62. The Hall–Kier alpha value is -0.951. The SMILES string of the molecule is CCCCCC/C(=C/[Se]c1ccccc1)Sc1ccc(C)cc1. The summed E-state index contributed by atoms with van der Waals surface area (Å²) in [6.07, 6.45) is 6.53. The predicted octanol–water partition coefficient (Wildman–Crippen LogP) is 5.93. The van der Waals surface area contributed by atoms with E-state index in [1.165, 1.54) is 51.9 Å². The van der Waals surface area contributed by atoms with Gasteiger partial charge < -0.3 is 0 Å². The van der Waals surface area contributed by atoms with Crippen molar-refractivity contribution in [2.45, 2.75) is 50.8 Å². The van der Waals surface area contributed by atoms with E-state index in [1.54, 1.807) is 0 Å². The molecule has 122 valence electrons. The van der Waals surface area contributed by atoms with Crippen molar-refractivity contribution >= 4 is 31.2 Å². The second-order valence-electron chi connectivity index (χ2n) is 5.74. The molecule has 0 heterocycles. The molecule has 2 heteroatoms. The molecule has 0 aliphatic rings. The molecular weight excluding hydrogens is 363 g/mol. The standard InChI is InChI=1S/C21H26SSe/c1-3-4-5-7-10-20(17-23-21-11-8-6-9-12-21)22-19-15-13-18(2)14-16-19/h6,8-9,11-17H,3-5,7,10H2,1-2H3/b20-17-. The first-order valence-corrected chi connectivity index (χ1v) is 11.1. The molecule has 0 aliphatic heterocycles. The molecule has 0 radical (unpaired) electrons. The van der Waals surface area contributed by atoms with Crippen LogP contribution in [0.3, 0.4) is 0 Å². The third-order valence-corrected chi connectivity index (χ3v) is 7.03. The van der Waals surface area contributed by atoms with Gasteiger partial charge in [0, 0.05) is 0 Å². The van der Waals surface area contributed by atoms with Gasteiger partial charge in [0.05, 0.1) is 0 Å². The molecule has 2 aromatic carbocycles. The normalized spacial score (nSPS) is 11.7. The van der Waals surface area contributed by atoms with Crippen molar-refractivity contribution in [3.8, 4) is 0 Å². The van der Waals surface area contributed by atoms with E-state index in [0.717, 1.165) is 0 Å². The van der Waals surface area contributed by atoms with E-state index in [-0.39, 0.29) is 0 Å². The molecule has 23 heavy (non-hydrogen) atoms. The Balaban J connectivity index is 1.99. The van der Waals surface area contributed by atoms with Crippen molar-refractivity contribution in [3.05, 3.63) is 70.0 Å². The van der Waals surface area contributed by atoms with Crippen LogP contribution in [0.15, 0.2) is 69.4 Å². The molecular formula is C21H26SSe. The minimum atomic E-state index is 0.430. The number of benzene rings is 2. The molecule has 0 aliphatic carbocycles. The average Bonchev–Trinajstić information content (AvgIpc) is 2.59. The number of rotatable bonds is 9. The molecule has 0 saturated heterocycles. The first-order chi connectivity index (χ1) is 11.3. The van der Waals surface area contributed by atoms with E-state index >= 15 is 0 Å². The van der Waals surface area contributed by atoms with E-state index in [0.29, 0.717) is 15.0 Å². The molecule has 0 bridgehead atoms. The first kappa shape index (κ1) is 18.4. The zero-order valence-corrected chi connectivity index (χ0v) is 16.7. The fourth-order valence-corrected chi connectivity index (χ4v) is 5.14. The van der Waals surface area contributed by atoms with Crippen molar-refractivity contribution < 1.29 is 0 Å². The molecule has 2 rings (SSSR count). The minimum absolute atomic E-state index is 0.430. The van der Waals surface area contributed by atoms with E-state index in [1.807, 2.05) is 11.8 Å². The van der Waals surface area contributed by atoms with Crippen molar-refractivity contribution in [2.75, 3.05) is 0 Å². The average molecular weight is 389 g/mol. The summed E-state index contributed by atoms with van der Waals surface area (Å²) in [5.74, 6) is 0. The summed E-state index contributed by atoms with van der Waals surface area (Å²) in [5, 5.41) is 0. The Bertz CT molecular complexity index is 587. The van der Waals surface area contributed by atoms with Crippen LogP contribution in [0, 0.1) is 6.92 Å². The molecule has 0 amide bonds. The molecule has 0 nitrogen and oxygen atoms in total. The molecule has 0 N–H and O–H groups in total. The molecule has 0 unspecified atom stereocenters. The Kier molecular flexibility index (Phi) is 8.60. The number of hydrogen-bond donors (Lipinski definition) is 0. The van der Waals surface area contributed by atoms with Gasteiger partial charge in [-0.3, -0.25) is 0 Å². The quantitative estimate of drug-likeness (QED) is 0.291. The van der Waals surface area contributed by atoms with Gasteiger partial charge >= 0.3 is 152 Å². The topological polar surface area (TPSA) is 0 Å². The van der Waals surface area contributed by atoms with Crippen LogP contribution >= 0.6 is 11.8 Å². The Labute approximate surface area is 151 Å². The predicted molar refractivity (Wildman–Crippen MR) is 106 cm³/mol. The van der Waals surface area contributed by atoms with Gasteiger partial charge in [0.2, 0.25) is 0 Å². The first-order valence-electron chi connectivity index (χ1n) is 8.43. The second kappa shape index (κ2) is 10.8. The van der Waals surface area contributed by atoms with Gasteiger partial charge in [-0.1, -0.05) is 0 Å². The van der Waals surface area contributed by atoms with Crippen LogP contribution in [0.25, 0.3) is 0 Å². The molecule has 2 aromatic rings. The monoisotopic (exact) mass is 390 g/mol. The van der Waals surface area contributed by atoms with Gasteiger partial charge in [-0.05, 0) is 0 Å². The van der Waals surface area contributed by atoms with Gasteiger partial charge in [0.1, 0.15) is 0 Å². The van der Waals surface area contributed by atoms with Crippen LogP contribution in [0.2, 0.25) is 0 Å². The molecule has 0 saturated carbocycles. The maximum absolute atomic E-state index is 2.48.